The molecule has 0 radical (unpaired) electrons. The predicted molar refractivity (Wildman–Crippen MR) is 59.5 cm³/mol. The van der Waals surface area contributed by atoms with Crippen molar-refractivity contribution >= 4 is 24.0 Å². The molecule has 0 heterocycles. The van der Waals surface area contributed by atoms with Gasteiger partial charge in [0, 0.05) is 5.56 Å². The van der Waals surface area contributed by atoms with E-state index in [0.29, 0.717) is 17.1 Å². The highest BCUT2D eigenvalue weighted by Crippen LogP contribution is 2.19. The van der Waals surface area contributed by atoms with E-state index in [1.54, 1.807) is 6.07 Å². The Morgan fingerprint density at radius 1 is 1.43 bits per heavy atom. The van der Waals surface area contributed by atoms with E-state index < -0.39 is 0 Å². The Bertz CT molecular complexity index is 347. The van der Waals surface area contributed by atoms with Crippen molar-refractivity contribution in [2.75, 3.05) is 6.54 Å². The molecule has 0 unspecified atom stereocenters. The lowest BCUT2D eigenvalue weighted by atomic mass is 10.1. The minimum atomic E-state index is 0.481. The maximum atomic E-state index is 10.7. The molecule has 0 spiro atoms. The fourth-order valence-corrected chi connectivity index (χ4v) is 1.36. The number of benzene rings is 1. The molecule has 2 N–H and O–H groups in total. The summed E-state index contributed by atoms with van der Waals surface area (Å²) < 4.78 is 0. The summed E-state index contributed by atoms with van der Waals surface area (Å²) in [7, 11) is 0. The Labute approximate surface area is 88.4 Å². The fraction of sp³-hybridized carbons (Fsp3) is 0.182. The van der Waals surface area contributed by atoms with E-state index >= 15 is 0 Å². The first kappa shape index (κ1) is 11.0. The Morgan fingerprint density at radius 2 is 2.21 bits per heavy atom. The number of carbonyl (C=O) groups excluding carboxylic acids is 1. The van der Waals surface area contributed by atoms with Crippen LogP contribution in [0.2, 0.25) is 5.02 Å². The van der Waals surface area contributed by atoms with Crippen LogP contribution in [0.4, 0.5) is 0 Å². The normalized spacial score (nSPS) is 10.7. The van der Waals surface area contributed by atoms with Crippen molar-refractivity contribution in [3.63, 3.8) is 0 Å². The van der Waals surface area contributed by atoms with Gasteiger partial charge in [0.25, 0.3) is 0 Å². The molecule has 0 aliphatic carbocycles. The van der Waals surface area contributed by atoms with Crippen molar-refractivity contribution < 1.29 is 4.79 Å². The molecule has 14 heavy (non-hydrogen) atoms. The molecule has 1 rings (SSSR count). The lowest BCUT2D eigenvalue weighted by Gasteiger charge is -2.00. The third kappa shape index (κ3) is 2.69. The molecule has 0 fully saturated rings. The monoisotopic (exact) mass is 209 g/mol. The van der Waals surface area contributed by atoms with E-state index in [-0.39, 0.29) is 0 Å². The summed E-state index contributed by atoms with van der Waals surface area (Å²) in [5, 5.41) is 0.481. The molecule has 3 heteroatoms. The molecule has 1 aromatic carbocycles. The molecule has 0 amide bonds. The highest BCUT2D eigenvalue weighted by molar-refractivity contribution is 6.33. The van der Waals surface area contributed by atoms with E-state index in [9.17, 15) is 4.79 Å². The van der Waals surface area contributed by atoms with Crippen LogP contribution in [0.15, 0.2) is 24.3 Å². The molecule has 0 aromatic heterocycles. The molecule has 0 aliphatic rings. The van der Waals surface area contributed by atoms with Gasteiger partial charge >= 0.3 is 0 Å². The standard InChI is InChI=1S/C11H12ClNO/c12-11-6-3-5-9(10(11)8-14)4-1-2-7-13/h1,3-6,8H,2,7,13H2. The maximum absolute atomic E-state index is 10.7. The minimum Gasteiger partial charge on any atom is -0.330 e. The summed E-state index contributed by atoms with van der Waals surface area (Å²) in [6.45, 7) is 0.605. The number of rotatable bonds is 4. The molecule has 1 aromatic rings. The maximum Gasteiger partial charge on any atom is 0.152 e. The molecule has 0 aliphatic heterocycles. The number of aldehydes is 1. The zero-order valence-corrected chi connectivity index (χ0v) is 8.50. The summed E-state index contributed by atoms with van der Waals surface area (Å²) in [5.41, 5.74) is 6.71. The number of halogens is 1. The molecule has 74 valence electrons. The van der Waals surface area contributed by atoms with Crippen LogP contribution < -0.4 is 5.73 Å². The second-order valence-electron chi connectivity index (χ2n) is 2.84. The van der Waals surface area contributed by atoms with Crippen LogP contribution in [-0.4, -0.2) is 12.8 Å². The first-order valence-corrected chi connectivity index (χ1v) is 4.77. The van der Waals surface area contributed by atoms with E-state index in [1.165, 1.54) is 0 Å². The minimum absolute atomic E-state index is 0.481. The third-order valence-electron chi connectivity index (χ3n) is 1.84. The summed E-state index contributed by atoms with van der Waals surface area (Å²) in [4.78, 5) is 10.7. The van der Waals surface area contributed by atoms with Gasteiger partial charge in [0.1, 0.15) is 0 Å². The molecule has 0 saturated carbocycles. The van der Waals surface area contributed by atoms with Gasteiger partial charge in [-0.15, -0.1) is 0 Å². The van der Waals surface area contributed by atoms with E-state index in [4.69, 9.17) is 17.3 Å². The topological polar surface area (TPSA) is 43.1 Å². The van der Waals surface area contributed by atoms with Crippen molar-refractivity contribution in [2.24, 2.45) is 5.73 Å². The van der Waals surface area contributed by atoms with Crippen LogP contribution in [0.3, 0.4) is 0 Å². The third-order valence-corrected chi connectivity index (χ3v) is 2.16. The van der Waals surface area contributed by atoms with Crippen molar-refractivity contribution in [1.82, 2.24) is 0 Å². The highest BCUT2D eigenvalue weighted by Gasteiger charge is 2.01. The number of nitrogens with two attached hydrogens (primary N) is 1. The summed E-state index contributed by atoms with van der Waals surface area (Å²) in [6, 6.07) is 5.37. The Morgan fingerprint density at radius 3 is 2.86 bits per heavy atom. The lowest BCUT2D eigenvalue weighted by Crippen LogP contribution is -1.95. The van der Waals surface area contributed by atoms with Gasteiger partial charge in [-0.1, -0.05) is 35.9 Å². The fourth-order valence-electron chi connectivity index (χ4n) is 1.13. The lowest BCUT2D eigenvalue weighted by molar-refractivity contribution is 0.112. The quantitative estimate of drug-likeness (QED) is 0.775. The second-order valence-corrected chi connectivity index (χ2v) is 3.25. The van der Waals surface area contributed by atoms with Gasteiger partial charge in [0.05, 0.1) is 5.02 Å². The van der Waals surface area contributed by atoms with Gasteiger partial charge in [-0.25, -0.2) is 0 Å². The summed E-state index contributed by atoms with van der Waals surface area (Å²) in [6.07, 6.45) is 5.36. The second kappa shape index (κ2) is 5.58. The Balaban J connectivity index is 2.96. The van der Waals surface area contributed by atoms with Gasteiger partial charge in [-0.2, -0.15) is 0 Å². The van der Waals surface area contributed by atoms with Crippen LogP contribution in [0, 0.1) is 0 Å². The van der Waals surface area contributed by atoms with Crippen LogP contribution >= 0.6 is 11.6 Å². The summed E-state index contributed by atoms with van der Waals surface area (Å²) in [5.74, 6) is 0. The van der Waals surface area contributed by atoms with E-state index in [1.807, 2.05) is 24.3 Å². The largest absolute Gasteiger partial charge is 0.330 e. The van der Waals surface area contributed by atoms with E-state index in [2.05, 4.69) is 0 Å². The van der Waals surface area contributed by atoms with E-state index in [0.717, 1.165) is 18.3 Å². The zero-order valence-electron chi connectivity index (χ0n) is 7.74. The first-order chi connectivity index (χ1) is 6.79. The highest BCUT2D eigenvalue weighted by atomic mass is 35.5. The van der Waals surface area contributed by atoms with Crippen molar-refractivity contribution in [2.45, 2.75) is 6.42 Å². The van der Waals surface area contributed by atoms with Gasteiger partial charge < -0.3 is 5.73 Å². The number of hydrogen-bond donors (Lipinski definition) is 1. The van der Waals surface area contributed by atoms with Gasteiger partial charge in [-0.3, -0.25) is 4.79 Å². The Kier molecular flexibility index (Phi) is 4.36. The van der Waals surface area contributed by atoms with Crippen LogP contribution in [0.5, 0.6) is 0 Å². The molecular formula is C11H12ClNO. The molecular weight excluding hydrogens is 198 g/mol. The van der Waals surface area contributed by atoms with Gasteiger partial charge in [0.15, 0.2) is 6.29 Å². The van der Waals surface area contributed by atoms with Gasteiger partial charge in [-0.05, 0) is 24.6 Å². The van der Waals surface area contributed by atoms with Crippen molar-refractivity contribution in [3.05, 3.63) is 40.4 Å². The first-order valence-electron chi connectivity index (χ1n) is 4.40. The molecule has 2 nitrogen and oxygen atoms in total. The zero-order chi connectivity index (χ0) is 10.4. The van der Waals surface area contributed by atoms with Crippen LogP contribution in [-0.2, 0) is 0 Å². The number of carbonyl (C=O) groups is 1. The SMILES string of the molecule is NCCC=Cc1cccc(Cl)c1C=O. The van der Waals surface area contributed by atoms with Crippen molar-refractivity contribution in [3.8, 4) is 0 Å². The smallest absolute Gasteiger partial charge is 0.152 e. The van der Waals surface area contributed by atoms with Gasteiger partial charge in [0.2, 0.25) is 0 Å². The predicted octanol–water partition coefficient (Wildman–Crippen LogP) is 2.51. The van der Waals surface area contributed by atoms with Crippen LogP contribution in [0.1, 0.15) is 22.3 Å². The average Bonchev–Trinajstić information content (AvgIpc) is 2.18. The average molecular weight is 210 g/mol. The molecule has 0 bridgehead atoms. The molecule has 0 saturated heterocycles. The molecule has 0 atom stereocenters. The number of hydrogen-bond acceptors (Lipinski definition) is 2. The van der Waals surface area contributed by atoms with Crippen LogP contribution in [0.25, 0.3) is 6.08 Å². The van der Waals surface area contributed by atoms with Crippen molar-refractivity contribution in [1.29, 1.82) is 0 Å². The Hall–Kier alpha value is -1.12. The summed E-state index contributed by atoms with van der Waals surface area (Å²) >= 11 is 5.85.